The minimum atomic E-state index is -0.761. The highest BCUT2D eigenvalue weighted by Gasteiger charge is 2.30. The number of rotatable bonds is 6. The summed E-state index contributed by atoms with van der Waals surface area (Å²) < 4.78 is 28.3. The van der Waals surface area contributed by atoms with Crippen molar-refractivity contribution >= 4 is 17.4 Å². The number of piperidine rings is 1. The average molecular weight is 473 g/mol. The number of amides is 1. The van der Waals surface area contributed by atoms with Gasteiger partial charge in [0.1, 0.15) is 11.7 Å². The van der Waals surface area contributed by atoms with Gasteiger partial charge in [-0.2, -0.15) is 14.5 Å². The number of anilines is 1. The SMILES string of the molecule is CC(C)(C)OC(=O)N1CCC[C@@H](Oc2nc(-c3cnn4ccccc34)nc(NCCO)c2F)C1. The van der Waals surface area contributed by atoms with Crippen LogP contribution in [0.3, 0.4) is 0 Å². The zero-order chi connectivity index (χ0) is 24.3. The lowest BCUT2D eigenvalue weighted by molar-refractivity contribution is 0.00676. The van der Waals surface area contributed by atoms with Crippen molar-refractivity contribution in [2.45, 2.75) is 45.3 Å². The number of nitrogens with one attached hydrogen (secondary N) is 1. The molecule has 4 rings (SSSR count). The average Bonchev–Trinajstić information content (AvgIpc) is 3.23. The van der Waals surface area contributed by atoms with Gasteiger partial charge in [0.25, 0.3) is 5.88 Å². The van der Waals surface area contributed by atoms with Crippen LogP contribution in [0.2, 0.25) is 0 Å². The first kappa shape index (κ1) is 23.7. The summed E-state index contributed by atoms with van der Waals surface area (Å²) in [6, 6.07) is 5.56. The zero-order valence-corrected chi connectivity index (χ0v) is 19.5. The van der Waals surface area contributed by atoms with Gasteiger partial charge < -0.3 is 24.8 Å². The summed E-state index contributed by atoms with van der Waals surface area (Å²) in [5.74, 6) is -0.832. The largest absolute Gasteiger partial charge is 0.470 e. The van der Waals surface area contributed by atoms with Gasteiger partial charge in [0, 0.05) is 19.3 Å². The molecule has 0 saturated carbocycles. The van der Waals surface area contributed by atoms with Crippen molar-refractivity contribution in [1.82, 2.24) is 24.5 Å². The first-order valence-electron chi connectivity index (χ1n) is 11.2. The van der Waals surface area contributed by atoms with Gasteiger partial charge in [-0.1, -0.05) is 6.07 Å². The molecule has 0 bridgehead atoms. The molecule has 1 fully saturated rings. The van der Waals surface area contributed by atoms with Crippen molar-refractivity contribution < 1.29 is 23.8 Å². The topological polar surface area (TPSA) is 114 Å². The number of hydrogen-bond donors (Lipinski definition) is 2. The standard InChI is InChI=1S/C23H29FN6O4/c1-23(2,3)34-22(32)29-10-6-7-15(14-29)33-21-18(24)20(25-9-12-31)27-19(28-21)16-13-26-30-11-5-4-8-17(16)30/h4-5,8,11,13,15,31H,6-7,9-10,12,14H2,1-3H3,(H,25,27,28)/t15-/m1/s1. The second kappa shape index (κ2) is 9.80. The molecule has 0 unspecified atom stereocenters. The lowest BCUT2D eigenvalue weighted by Crippen LogP contribution is -2.46. The smallest absolute Gasteiger partial charge is 0.410 e. The number of carbonyl (C=O) groups excluding carboxylic acids is 1. The molecule has 34 heavy (non-hydrogen) atoms. The first-order valence-corrected chi connectivity index (χ1v) is 11.2. The summed E-state index contributed by atoms with van der Waals surface area (Å²) in [6.07, 6.45) is 3.82. The monoisotopic (exact) mass is 472 g/mol. The van der Waals surface area contributed by atoms with E-state index in [4.69, 9.17) is 9.47 Å². The third-order valence-corrected chi connectivity index (χ3v) is 5.20. The second-order valence-electron chi connectivity index (χ2n) is 9.06. The molecule has 4 heterocycles. The molecule has 0 aliphatic carbocycles. The summed E-state index contributed by atoms with van der Waals surface area (Å²) >= 11 is 0. The molecule has 0 spiro atoms. The van der Waals surface area contributed by atoms with E-state index in [0.29, 0.717) is 24.9 Å². The summed E-state index contributed by atoms with van der Waals surface area (Å²) in [7, 11) is 0. The van der Waals surface area contributed by atoms with Gasteiger partial charge in [0.05, 0.1) is 30.4 Å². The van der Waals surface area contributed by atoms with Crippen LogP contribution in [0.1, 0.15) is 33.6 Å². The summed E-state index contributed by atoms with van der Waals surface area (Å²) in [6.45, 7) is 6.13. The Labute approximate surface area is 196 Å². The van der Waals surface area contributed by atoms with Gasteiger partial charge in [-0.3, -0.25) is 0 Å². The Hall–Kier alpha value is -3.47. The molecule has 10 nitrogen and oxygen atoms in total. The van der Waals surface area contributed by atoms with E-state index in [-0.39, 0.29) is 37.2 Å². The maximum absolute atomic E-state index is 15.2. The molecule has 1 aliphatic rings. The number of likely N-dealkylation sites (tertiary alicyclic amines) is 1. The number of aliphatic hydroxyl groups excluding tert-OH is 1. The van der Waals surface area contributed by atoms with Gasteiger partial charge in [-0.15, -0.1) is 0 Å². The van der Waals surface area contributed by atoms with Crippen LogP contribution in [0.5, 0.6) is 5.88 Å². The van der Waals surface area contributed by atoms with E-state index in [1.54, 1.807) is 21.8 Å². The molecule has 1 saturated heterocycles. The van der Waals surface area contributed by atoms with Crippen molar-refractivity contribution in [1.29, 1.82) is 0 Å². The molecule has 182 valence electrons. The Kier molecular flexibility index (Phi) is 6.82. The minimum Gasteiger partial charge on any atom is -0.470 e. The predicted octanol–water partition coefficient (Wildman–Crippen LogP) is 3.11. The molecular weight excluding hydrogens is 443 g/mol. The highest BCUT2D eigenvalue weighted by molar-refractivity contribution is 5.76. The molecule has 0 aromatic carbocycles. The highest BCUT2D eigenvalue weighted by Crippen LogP contribution is 2.30. The fourth-order valence-corrected chi connectivity index (χ4v) is 3.71. The molecule has 1 amide bonds. The van der Waals surface area contributed by atoms with Gasteiger partial charge in [-0.25, -0.2) is 14.3 Å². The number of nitrogens with zero attached hydrogens (tertiary/aromatic N) is 5. The molecule has 2 N–H and O–H groups in total. The summed E-state index contributed by atoms with van der Waals surface area (Å²) in [4.78, 5) is 22.7. The van der Waals surface area contributed by atoms with E-state index in [1.807, 2.05) is 39.0 Å². The maximum Gasteiger partial charge on any atom is 0.410 e. The number of ether oxygens (including phenoxy) is 2. The summed E-state index contributed by atoms with van der Waals surface area (Å²) in [5.41, 5.74) is 0.749. The van der Waals surface area contributed by atoms with Crippen molar-refractivity contribution in [3.05, 3.63) is 36.4 Å². The number of pyridine rings is 1. The Morgan fingerprint density at radius 2 is 2.15 bits per heavy atom. The normalized spacial score (nSPS) is 16.5. The van der Waals surface area contributed by atoms with Crippen LogP contribution < -0.4 is 10.1 Å². The third kappa shape index (κ3) is 5.36. The van der Waals surface area contributed by atoms with E-state index >= 15 is 4.39 Å². The van der Waals surface area contributed by atoms with E-state index in [0.717, 1.165) is 5.52 Å². The van der Waals surface area contributed by atoms with Crippen LogP contribution in [0.15, 0.2) is 30.6 Å². The van der Waals surface area contributed by atoms with Gasteiger partial charge in [0.15, 0.2) is 11.6 Å². The Bertz CT molecular complexity index is 1160. The van der Waals surface area contributed by atoms with E-state index in [1.165, 1.54) is 0 Å². The second-order valence-corrected chi connectivity index (χ2v) is 9.06. The van der Waals surface area contributed by atoms with E-state index in [2.05, 4.69) is 20.4 Å². The quantitative estimate of drug-likeness (QED) is 0.563. The zero-order valence-electron chi connectivity index (χ0n) is 19.5. The number of aliphatic hydroxyl groups is 1. The van der Waals surface area contributed by atoms with Crippen LogP contribution in [0, 0.1) is 5.82 Å². The lowest BCUT2D eigenvalue weighted by Gasteiger charge is -2.34. The lowest BCUT2D eigenvalue weighted by atomic mass is 10.1. The van der Waals surface area contributed by atoms with Crippen LogP contribution in [0.4, 0.5) is 15.0 Å². The van der Waals surface area contributed by atoms with Crippen molar-refractivity contribution in [2.24, 2.45) is 0 Å². The third-order valence-electron chi connectivity index (χ3n) is 5.20. The molecule has 11 heteroatoms. The van der Waals surface area contributed by atoms with E-state index < -0.39 is 23.6 Å². The fraction of sp³-hybridized carbons (Fsp3) is 0.478. The number of halogens is 1. The number of fused-ring (bicyclic) bond motifs is 1. The van der Waals surface area contributed by atoms with Crippen LogP contribution in [0.25, 0.3) is 16.9 Å². The molecule has 3 aromatic heterocycles. The predicted molar refractivity (Wildman–Crippen MR) is 123 cm³/mol. The molecule has 1 atom stereocenters. The van der Waals surface area contributed by atoms with Crippen molar-refractivity contribution in [3.63, 3.8) is 0 Å². The maximum atomic E-state index is 15.2. The number of carbonyl (C=O) groups is 1. The van der Waals surface area contributed by atoms with Crippen LogP contribution in [-0.4, -0.2) is 73.6 Å². The Morgan fingerprint density at radius 1 is 1.32 bits per heavy atom. The van der Waals surface area contributed by atoms with Crippen LogP contribution in [-0.2, 0) is 4.74 Å². The van der Waals surface area contributed by atoms with Gasteiger partial charge in [0.2, 0.25) is 5.82 Å². The first-order chi connectivity index (χ1) is 16.2. The minimum absolute atomic E-state index is 0.0795. The van der Waals surface area contributed by atoms with Crippen molar-refractivity contribution in [2.75, 3.05) is 31.6 Å². The summed E-state index contributed by atoms with van der Waals surface area (Å²) in [5, 5.41) is 16.3. The Morgan fingerprint density at radius 3 is 2.91 bits per heavy atom. The molecule has 3 aromatic rings. The van der Waals surface area contributed by atoms with E-state index in [9.17, 15) is 9.90 Å². The highest BCUT2D eigenvalue weighted by atomic mass is 19.1. The molecular formula is C23H29FN6O4. The van der Waals surface area contributed by atoms with Crippen LogP contribution >= 0.6 is 0 Å². The Balaban J connectivity index is 1.62. The molecule has 1 aliphatic heterocycles. The fourth-order valence-electron chi connectivity index (χ4n) is 3.71. The van der Waals surface area contributed by atoms with Crippen molar-refractivity contribution in [3.8, 4) is 17.3 Å². The van der Waals surface area contributed by atoms with Gasteiger partial charge >= 0.3 is 6.09 Å². The number of hydrogen-bond acceptors (Lipinski definition) is 8. The van der Waals surface area contributed by atoms with Gasteiger partial charge in [-0.05, 0) is 45.7 Å². The number of aromatic nitrogens is 4. The molecule has 0 radical (unpaired) electrons.